The molecule has 0 bridgehead atoms. The molecule has 0 aromatic rings. The van der Waals surface area contributed by atoms with Crippen LogP contribution in [0.3, 0.4) is 0 Å². The first-order valence-electron chi connectivity index (χ1n) is 4.02. The summed E-state index contributed by atoms with van der Waals surface area (Å²) in [6.07, 6.45) is 0.111. The zero-order valence-electron chi connectivity index (χ0n) is 6.67. The normalized spacial score (nSPS) is 20.6. The molecule has 0 unspecified atom stereocenters. The van der Waals surface area contributed by atoms with Gasteiger partial charge in [0.15, 0.2) is 9.84 Å². The van der Waals surface area contributed by atoms with Crippen LogP contribution < -0.4 is 0 Å². The van der Waals surface area contributed by atoms with Gasteiger partial charge in [-0.3, -0.25) is 0 Å². The second-order valence-electron chi connectivity index (χ2n) is 3.13. The molecule has 1 saturated carbocycles. The van der Waals surface area contributed by atoms with Crippen molar-refractivity contribution in [2.75, 3.05) is 5.75 Å². The average molecular weight is 198 g/mol. The summed E-state index contributed by atoms with van der Waals surface area (Å²) in [6.45, 7) is 0. The van der Waals surface area contributed by atoms with Gasteiger partial charge in [0.05, 0.1) is 5.25 Å². The predicted molar refractivity (Wildman–Crippen MR) is 42.0 cm³/mol. The van der Waals surface area contributed by atoms with Crippen LogP contribution in [0.5, 0.6) is 0 Å². The third-order valence-corrected chi connectivity index (χ3v) is 4.37. The fraction of sp³-hybridized carbons (Fsp3) is 1.00. The topological polar surface area (TPSA) is 34.1 Å². The lowest BCUT2D eigenvalue weighted by molar-refractivity contribution is 0.174. The maximum Gasteiger partial charge on any atom is 0.252 e. The minimum Gasteiger partial charge on any atom is -0.228 e. The molecule has 1 aliphatic carbocycles. The number of alkyl halides is 2. The van der Waals surface area contributed by atoms with Crippen LogP contribution in [-0.2, 0) is 9.84 Å². The zero-order valence-corrected chi connectivity index (χ0v) is 7.49. The first-order chi connectivity index (χ1) is 5.52. The third kappa shape index (κ3) is 2.40. The standard InChI is InChI=1S/C7H12F2O2S/c8-7(9)5-12(10,11)6-3-1-2-4-6/h6-7H,1-5H2. The van der Waals surface area contributed by atoms with Crippen molar-refractivity contribution in [1.29, 1.82) is 0 Å². The highest BCUT2D eigenvalue weighted by atomic mass is 32.2. The molecule has 0 atom stereocenters. The van der Waals surface area contributed by atoms with Crippen LogP contribution in [0.15, 0.2) is 0 Å². The Hall–Kier alpha value is -0.190. The Morgan fingerprint density at radius 2 is 1.75 bits per heavy atom. The van der Waals surface area contributed by atoms with Crippen molar-refractivity contribution in [3.8, 4) is 0 Å². The summed E-state index contributed by atoms with van der Waals surface area (Å²) in [5, 5.41) is -0.494. The van der Waals surface area contributed by atoms with Gasteiger partial charge in [0, 0.05) is 0 Å². The molecule has 0 aromatic carbocycles. The lowest BCUT2D eigenvalue weighted by Gasteiger charge is -2.09. The molecule has 0 radical (unpaired) electrons. The Morgan fingerprint density at radius 3 is 2.17 bits per heavy atom. The van der Waals surface area contributed by atoms with E-state index in [1.807, 2.05) is 0 Å². The number of rotatable bonds is 3. The van der Waals surface area contributed by atoms with E-state index in [4.69, 9.17) is 0 Å². The monoisotopic (exact) mass is 198 g/mol. The molecule has 0 heterocycles. The van der Waals surface area contributed by atoms with E-state index >= 15 is 0 Å². The Balaban J connectivity index is 2.58. The molecule has 0 spiro atoms. The molecule has 0 amide bonds. The van der Waals surface area contributed by atoms with Gasteiger partial charge >= 0.3 is 0 Å². The summed E-state index contributed by atoms with van der Waals surface area (Å²) >= 11 is 0. The SMILES string of the molecule is O=S(=O)(CC(F)F)C1CCCC1. The van der Waals surface area contributed by atoms with Crippen molar-refractivity contribution >= 4 is 9.84 Å². The van der Waals surface area contributed by atoms with Crippen molar-refractivity contribution in [3.05, 3.63) is 0 Å². The largest absolute Gasteiger partial charge is 0.252 e. The van der Waals surface area contributed by atoms with Gasteiger partial charge in [-0.1, -0.05) is 12.8 Å². The van der Waals surface area contributed by atoms with Gasteiger partial charge in [-0.2, -0.15) is 0 Å². The van der Waals surface area contributed by atoms with Crippen LogP contribution in [0, 0.1) is 0 Å². The Morgan fingerprint density at radius 1 is 1.25 bits per heavy atom. The summed E-state index contributed by atoms with van der Waals surface area (Å²) in [6, 6.07) is 0. The van der Waals surface area contributed by atoms with E-state index in [0.29, 0.717) is 12.8 Å². The smallest absolute Gasteiger partial charge is 0.228 e. The van der Waals surface area contributed by atoms with Crippen molar-refractivity contribution in [3.63, 3.8) is 0 Å². The molecule has 0 saturated heterocycles. The minimum atomic E-state index is -3.51. The molecule has 5 heteroatoms. The van der Waals surface area contributed by atoms with Gasteiger partial charge in [-0.05, 0) is 12.8 Å². The number of halogens is 2. The highest BCUT2D eigenvalue weighted by Gasteiger charge is 2.30. The van der Waals surface area contributed by atoms with Gasteiger partial charge < -0.3 is 0 Å². The van der Waals surface area contributed by atoms with Gasteiger partial charge in [0.25, 0.3) is 6.43 Å². The summed E-state index contributed by atoms with van der Waals surface area (Å²) < 4.78 is 45.9. The average Bonchev–Trinajstić information content (AvgIpc) is 2.32. The van der Waals surface area contributed by atoms with E-state index in [0.717, 1.165) is 12.8 Å². The zero-order chi connectivity index (χ0) is 9.19. The van der Waals surface area contributed by atoms with Gasteiger partial charge in [-0.15, -0.1) is 0 Å². The molecule has 1 rings (SSSR count). The van der Waals surface area contributed by atoms with Crippen LogP contribution in [0.4, 0.5) is 8.78 Å². The Labute approximate surface area is 70.9 Å². The summed E-state index contributed by atoms with van der Waals surface area (Å²) in [5.41, 5.74) is 0. The van der Waals surface area contributed by atoms with Crippen LogP contribution in [-0.4, -0.2) is 25.8 Å². The fourth-order valence-corrected chi connectivity index (χ4v) is 3.23. The van der Waals surface area contributed by atoms with Gasteiger partial charge in [-0.25, -0.2) is 17.2 Å². The van der Waals surface area contributed by atoms with Gasteiger partial charge in [0.2, 0.25) is 0 Å². The maximum absolute atomic E-state index is 11.8. The Bertz CT molecular complexity index is 230. The van der Waals surface area contributed by atoms with Crippen LogP contribution in [0.1, 0.15) is 25.7 Å². The second kappa shape index (κ2) is 3.68. The van der Waals surface area contributed by atoms with Crippen molar-refractivity contribution in [1.82, 2.24) is 0 Å². The fourth-order valence-electron chi connectivity index (χ4n) is 1.56. The molecule has 2 nitrogen and oxygen atoms in total. The van der Waals surface area contributed by atoms with E-state index in [-0.39, 0.29) is 0 Å². The van der Waals surface area contributed by atoms with Crippen LogP contribution in [0.25, 0.3) is 0 Å². The van der Waals surface area contributed by atoms with Crippen molar-refractivity contribution < 1.29 is 17.2 Å². The quantitative estimate of drug-likeness (QED) is 0.690. The molecule has 1 fully saturated rings. The van der Waals surface area contributed by atoms with Gasteiger partial charge in [0.1, 0.15) is 5.75 Å². The van der Waals surface area contributed by atoms with E-state index < -0.39 is 27.3 Å². The molecule has 1 aliphatic rings. The second-order valence-corrected chi connectivity index (χ2v) is 5.45. The van der Waals surface area contributed by atoms with Crippen molar-refractivity contribution in [2.45, 2.75) is 37.4 Å². The highest BCUT2D eigenvalue weighted by molar-refractivity contribution is 7.92. The predicted octanol–water partition coefficient (Wildman–Crippen LogP) is 1.61. The highest BCUT2D eigenvalue weighted by Crippen LogP contribution is 2.25. The summed E-state index contributed by atoms with van der Waals surface area (Å²) in [4.78, 5) is 0. The van der Waals surface area contributed by atoms with Crippen molar-refractivity contribution in [2.24, 2.45) is 0 Å². The van der Waals surface area contributed by atoms with E-state index in [1.165, 1.54) is 0 Å². The molecule has 12 heavy (non-hydrogen) atoms. The maximum atomic E-state index is 11.8. The molecule has 0 N–H and O–H groups in total. The molecular formula is C7H12F2O2S. The lowest BCUT2D eigenvalue weighted by Crippen LogP contribution is -2.24. The molecule has 0 aromatic heterocycles. The Kier molecular flexibility index (Phi) is 3.04. The van der Waals surface area contributed by atoms with E-state index in [1.54, 1.807) is 0 Å². The van der Waals surface area contributed by atoms with Crippen LogP contribution >= 0.6 is 0 Å². The summed E-state index contributed by atoms with van der Waals surface area (Å²) in [5.74, 6) is -0.961. The summed E-state index contributed by atoms with van der Waals surface area (Å²) in [7, 11) is -3.51. The van der Waals surface area contributed by atoms with Crippen LogP contribution in [0.2, 0.25) is 0 Å². The first-order valence-corrected chi connectivity index (χ1v) is 5.73. The van der Waals surface area contributed by atoms with E-state index in [9.17, 15) is 17.2 Å². The molecular weight excluding hydrogens is 186 g/mol. The van der Waals surface area contributed by atoms with E-state index in [2.05, 4.69) is 0 Å². The molecule has 0 aliphatic heterocycles. The lowest BCUT2D eigenvalue weighted by atomic mass is 10.4. The number of hydrogen-bond donors (Lipinski definition) is 0. The number of hydrogen-bond acceptors (Lipinski definition) is 2. The molecule has 72 valence electrons. The first kappa shape index (κ1) is 9.89. The minimum absolute atomic E-state index is 0.494. The number of sulfone groups is 1. The third-order valence-electron chi connectivity index (χ3n) is 2.17.